The van der Waals surface area contributed by atoms with Crippen molar-refractivity contribution in [3.63, 3.8) is 0 Å². The van der Waals surface area contributed by atoms with E-state index in [0.29, 0.717) is 6.61 Å². The second-order valence-electron chi connectivity index (χ2n) is 2.94. The average Bonchev–Trinajstić information content (AvgIpc) is 2.61. The van der Waals surface area contributed by atoms with Gasteiger partial charge in [-0.1, -0.05) is 0 Å². The molecule has 3 saturated heterocycles. The summed E-state index contributed by atoms with van der Waals surface area (Å²) < 4.78 is 26.7. The van der Waals surface area contributed by atoms with Crippen LogP contribution in [0.2, 0.25) is 0 Å². The molecule has 3 aliphatic heterocycles. The minimum atomic E-state index is -1.09. The molecule has 1 unspecified atom stereocenters. The van der Waals surface area contributed by atoms with Crippen molar-refractivity contribution >= 4 is 8.60 Å². The van der Waals surface area contributed by atoms with E-state index < -0.39 is 8.60 Å². The highest BCUT2D eigenvalue weighted by atomic mass is 31.2. The van der Waals surface area contributed by atoms with Gasteiger partial charge < -0.3 is 23.0 Å². The van der Waals surface area contributed by atoms with E-state index in [4.69, 9.17) is 23.0 Å². The first-order valence-electron chi connectivity index (χ1n) is 3.83. The van der Waals surface area contributed by atoms with Crippen molar-refractivity contribution < 1.29 is 23.0 Å². The maximum atomic E-state index is 5.43. The van der Waals surface area contributed by atoms with Gasteiger partial charge in [0.25, 0.3) is 0 Å². The maximum Gasteiger partial charge on any atom is 0.334 e. The molecule has 3 fully saturated rings. The van der Waals surface area contributed by atoms with Crippen LogP contribution in [0.5, 0.6) is 0 Å². The van der Waals surface area contributed by atoms with E-state index in [1.807, 2.05) is 0 Å². The Morgan fingerprint density at radius 3 is 2.83 bits per heavy atom. The number of rotatable bonds is 1. The molecule has 0 radical (unpaired) electrons. The van der Waals surface area contributed by atoms with Gasteiger partial charge in [-0.15, -0.1) is 0 Å². The molecule has 0 spiro atoms. The molecule has 3 rings (SSSR count). The van der Waals surface area contributed by atoms with Crippen LogP contribution in [0, 0.1) is 0 Å². The zero-order valence-corrected chi connectivity index (χ0v) is 7.40. The van der Waals surface area contributed by atoms with E-state index in [0.717, 1.165) is 0 Å². The molecule has 0 amide bonds. The summed E-state index contributed by atoms with van der Waals surface area (Å²) in [5, 5.41) is 0. The first-order chi connectivity index (χ1) is 5.88. The predicted octanol–water partition coefficient (Wildman–Crippen LogP) is 0.399. The number of ether oxygens (including phenoxy) is 2. The third-order valence-corrected chi connectivity index (χ3v) is 3.53. The summed E-state index contributed by atoms with van der Waals surface area (Å²) in [5.74, 6) is 0. The van der Waals surface area contributed by atoms with Crippen molar-refractivity contribution in [2.45, 2.75) is 24.6 Å². The van der Waals surface area contributed by atoms with Crippen LogP contribution < -0.4 is 0 Å². The standard InChI is InChI=1S/C6H9O5P/c1-7-6-5-4-3(2-8-6)9-12(10-4)11-5/h3-6H,2H2,1H3/t3-,4-,5-,6+,12?/m1/s1. The number of methoxy groups -OCH3 is 1. The third-order valence-electron chi connectivity index (χ3n) is 2.25. The second kappa shape index (κ2) is 2.61. The quantitative estimate of drug-likeness (QED) is 0.562. The third kappa shape index (κ3) is 0.894. The van der Waals surface area contributed by atoms with E-state index >= 15 is 0 Å². The SMILES string of the molecule is CO[C@H]1OC[C@H]2OP3O[C@@H]1[C@@H]2O3. The van der Waals surface area contributed by atoms with Crippen molar-refractivity contribution in [2.24, 2.45) is 0 Å². The van der Waals surface area contributed by atoms with Crippen molar-refractivity contribution in [1.82, 2.24) is 0 Å². The molecule has 2 bridgehead atoms. The van der Waals surface area contributed by atoms with Crippen molar-refractivity contribution in [1.29, 1.82) is 0 Å². The Labute approximate surface area is 70.9 Å². The van der Waals surface area contributed by atoms with Gasteiger partial charge in [0, 0.05) is 7.11 Å². The smallest absolute Gasteiger partial charge is 0.334 e. The number of hydrogen-bond donors (Lipinski definition) is 0. The molecule has 0 aromatic rings. The molecule has 0 saturated carbocycles. The second-order valence-corrected chi connectivity index (χ2v) is 4.02. The molecular formula is C6H9O5P. The van der Waals surface area contributed by atoms with Gasteiger partial charge >= 0.3 is 8.60 Å². The van der Waals surface area contributed by atoms with Crippen molar-refractivity contribution in [3.05, 3.63) is 0 Å². The van der Waals surface area contributed by atoms with E-state index in [2.05, 4.69) is 0 Å². The van der Waals surface area contributed by atoms with Crippen LogP contribution in [-0.2, 0) is 23.0 Å². The summed E-state index contributed by atoms with van der Waals surface area (Å²) in [7, 11) is 0.511. The van der Waals surface area contributed by atoms with Crippen LogP contribution in [-0.4, -0.2) is 38.3 Å². The lowest BCUT2D eigenvalue weighted by molar-refractivity contribution is -0.232. The van der Waals surface area contributed by atoms with Crippen LogP contribution in [0.4, 0.5) is 0 Å². The van der Waals surface area contributed by atoms with E-state index in [9.17, 15) is 0 Å². The fourth-order valence-electron chi connectivity index (χ4n) is 1.66. The summed E-state index contributed by atoms with van der Waals surface area (Å²) in [6.45, 7) is 0.544. The molecule has 12 heavy (non-hydrogen) atoms. The highest BCUT2D eigenvalue weighted by molar-refractivity contribution is 7.42. The Kier molecular flexibility index (Phi) is 1.66. The maximum absolute atomic E-state index is 5.43. The van der Waals surface area contributed by atoms with Gasteiger partial charge in [-0.3, -0.25) is 0 Å². The molecule has 68 valence electrons. The monoisotopic (exact) mass is 192 g/mol. The number of fused-ring (bicyclic) bond motifs is 1. The van der Waals surface area contributed by atoms with E-state index in [-0.39, 0.29) is 24.6 Å². The van der Waals surface area contributed by atoms with Crippen LogP contribution in [0.15, 0.2) is 0 Å². The highest BCUT2D eigenvalue weighted by Crippen LogP contribution is 2.60. The first-order valence-corrected chi connectivity index (χ1v) is 4.93. The summed E-state index contributed by atoms with van der Waals surface area (Å²) in [5.41, 5.74) is 0. The molecule has 0 aromatic heterocycles. The molecule has 5 atom stereocenters. The first kappa shape index (κ1) is 7.62. The molecule has 0 aromatic carbocycles. The molecule has 0 aliphatic carbocycles. The molecular weight excluding hydrogens is 183 g/mol. The summed E-state index contributed by atoms with van der Waals surface area (Å²) in [6, 6.07) is 0. The zero-order chi connectivity index (χ0) is 8.13. The Balaban J connectivity index is 1.83. The van der Waals surface area contributed by atoms with Gasteiger partial charge in [0.15, 0.2) is 6.29 Å². The summed E-state index contributed by atoms with van der Waals surface area (Å²) in [4.78, 5) is 0. The summed E-state index contributed by atoms with van der Waals surface area (Å²) in [6.07, 6.45) is -0.299. The van der Waals surface area contributed by atoms with E-state index in [1.165, 1.54) is 0 Å². The molecule has 0 N–H and O–H groups in total. The molecule has 5 nitrogen and oxygen atoms in total. The Morgan fingerprint density at radius 2 is 2.08 bits per heavy atom. The lowest BCUT2D eigenvalue weighted by Gasteiger charge is -2.35. The lowest BCUT2D eigenvalue weighted by Crippen LogP contribution is -2.52. The fourth-order valence-corrected chi connectivity index (χ4v) is 3.08. The van der Waals surface area contributed by atoms with Crippen LogP contribution >= 0.6 is 8.60 Å². The van der Waals surface area contributed by atoms with Crippen LogP contribution in [0.3, 0.4) is 0 Å². The van der Waals surface area contributed by atoms with Crippen LogP contribution in [0.1, 0.15) is 0 Å². The molecule has 3 aliphatic rings. The Bertz CT molecular complexity index is 200. The van der Waals surface area contributed by atoms with Crippen LogP contribution in [0.25, 0.3) is 0 Å². The average molecular weight is 192 g/mol. The van der Waals surface area contributed by atoms with E-state index in [1.54, 1.807) is 7.11 Å². The minimum Gasteiger partial charge on any atom is -0.353 e. The minimum absolute atomic E-state index is 0.0230. The zero-order valence-electron chi connectivity index (χ0n) is 6.50. The molecule has 6 heteroatoms. The molecule has 3 heterocycles. The normalized spacial score (nSPS) is 56.2. The Hall–Kier alpha value is 0.230. The largest absolute Gasteiger partial charge is 0.353 e. The highest BCUT2D eigenvalue weighted by Gasteiger charge is 2.57. The van der Waals surface area contributed by atoms with Gasteiger partial charge in [0.05, 0.1) is 6.61 Å². The van der Waals surface area contributed by atoms with Gasteiger partial charge in [-0.25, -0.2) is 0 Å². The lowest BCUT2D eigenvalue weighted by atomic mass is 10.1. The number of hydrogen-bond acceptors (Lipinski definition) is 5. The van der Waals surface area contributed by atoms with Gasteiger partial charge in [-0.2, -0.15) is 0 Å². The fraction of sp³-hybridized carbons (Fsp3) is 1.00. The predicted molar refractivity (Wildman–Crippen MR) is 38.3 cm³/mol. The van der Waals surface area contributed by atoms with Gasteiger partial charge in [-0.05, 0) is 0 Å². The van der Waals surface area contributed by atoms with Gasteiger partial charge in [0.1, 0.15) is 18.3 Å². The van der Waals surface area contributed by atoms with Gasteiger partial charge in [0.2, 0.25) is 0 Å². The summed E-state index contributed by atoms with van der Waals surface area (Å²) >= 11 is 0. The van der Waals surface area contributed by atoms with Crippen molar-refractivity contribution in [3.8, 4) is 0 Å². The Morgan fingerprint density at radius 1 is 1.25 bits per heavy atom. The topological polar surface area (TPSA) is 46.2 Å². The van der Waals surface area contributed by atoms with Crippen molar-refractivity contribution in [2.75, 3.05) is 13.7 Å².